The average Bonchev–Trinajstić information content (AvgIpc) is 2.89. The number of aliphatic carboxylic acids is 1. The standard InChI is InChI=1S/C13H14Cl2N2O3/c14-9-5-8(6-16-10(9)15)11(18)17-7-13(12(19)20)3-1-2-4-13/h5-6H,1-4,7H2,(H,17,18)(H,19,20). The number of amides is 1. The summed E-state index contributed by atoms with van der Waals surface area (Å²) in [5.41, 5.74) is -0.586. The molecule has 0 saturated heterocycles. The van der Waals surface area contributed by atoms with Gasteiger partial charge in [-0.15, -0.1) is 0 Å². The maximum Gasteiger partial charge on any atom is 0.311 e. The van der Waals surface area contributed by atoms with Crippen molar-refractivity contribution in [3.8, 4) is 0 Å². The van der Waals surface area contributed by atoms with Gasteiger partial charge in [0, 0.05) is 12.7 Å². The molecule has 0 aliphatic heterocycles. The van der Waals surface area contributed by atoms with Crippen LogP contribution in [0.2, 0.25) is 10.2 Å². The van der Waals surface area contributed by atoms with Crippen molar-refractivity contribution in [1.29, 1.82) is 0 Å². The van der Waals surface area contributed by atoms with Gasteiger partial charge >= 0.3 is 5.97 Å². The summed E-state index contributed by atoms with van der Waals surface area (Å²) in [5.74, 6) is -1.26. The second-order valence-electron chi connectivity index (χ2n) is 4.97. The zero-order chi connectivity index (χ0) is 14.8. The Balaban J connectivity index is 2.04. The zero-order valence-corrected chi connectivity index (χ0v) is 12.2. The topological polar surface area (TPSA) is 79.3 Å². The Morgan fingerprint density at radius 2 is 2.00 bits per heavy atom. The highest BCUT2D eigenvalue weighted by atomic mass is 35.5. The maximum atomic E-state index is 12.0. The van der Waals surface area contributed by atoms with Gasteiger partial charge in [0.1, 0.15) is 5.15 Å². The normalized spacial score (nSPS) is 16.9. The van der Waals surface area contributed by atoms with Crippen molar-refractivity contribution >= 4 is 35.1 Å². The van der Waals surface area contributed by atoms with Crippen molar-refractivity contribution in [2.24, 2.45) is 5.41 Å². The van der Waals surface area contributed by atoms with Gasteiger partial charge in [0.2, 0.25) is 0 Å². The lowest BCUT2D eigenvalue weighted by atomic mass is 9.86. The van der Waals surface area contributed by atoms with E-state index in [9.17, 15) is 14.7 Å². The number of carbonyl (C=O) groups is 2. The number of rotatable bonds is 4. The minimum atomic E-state index is -0.859. The predicted molar refractivity (Wildman–Crippen MR) is 75.1 cm³/mol. The van der Waals surface area contributed by atoms with Gasteiger partial charge < -0.3 is 10.4 Å². The summed E-state index contributed by atoms with van der Waals surface area (Å²) in [6, 6.07) is 1.41. The van der Waals surface area contributed by atoms with Gasteiger partial charge in [0.05, 0.1) is 16.0 Å². The summed E-state index contributed by atoms with van der Waals surface area (Å²) in [4.78, 5) is 27.1. The SMILES string of the molecule is O=C(NCC1(C(=O)O)CCCC1)c1cnc(Cl)c(Cl)c1. The van der Waals surface area contributed by atoms with Crippen molar-refractivity contribution in [3.05, 3.63) is 28.0 Å². The van der Waals surface area contributed by atoms with Crippen LogP contribution < -0.4 is 5.32 Å². The number of aromatic nitrogens is 1. The highest BCUT2D eigenvalue weighted by Crippen LogP contribution is 2.37. The minimum absolute atomic E-state index is 0.113. The van der Waals surface area contributed by atoms with Crippen molar-refractivity contribution in [3.63, 3.8) is 0 Å². The zero-order valence-electron chi connectivity index (χ0n) is 10.7. The smallest absolute Gasteiger partial charge is 0.311 e. The molecule has 7 heteroatoms. The monoisotopic (exact) mass is 316 g/mol. The van der Waals surface area contributed by atoms with Crippen LogP contribution in [0.25, 0.3) is 0 Å². The largest absolute Gasteiger partial charge is 0.481 e. The molecule has 20 heavy (non-hydrogen) atoms. The molecule has 0 bridgehead atoms. The van der Waals surface area contributed by atoms with E-state index in [0.29, 0.717) is 12.8 Å². The maximum absolute atomic E-state index is 12.0. The van der Waals surface area contributed by atoms with Gasteiger partial charge in [-0.1, -0.05) is 36.0 Å². The number of hydrogen-bond acceptors (Lipinski definition) is 3. The van der Waals surface area contributed by atoms with Gasteiger partial charge in [-0.3, -0.25) is 9.59 Å². The number of nitrogens with one attached hydrogen (secondary N) is 1. The van der Waals surface area contributed by atoms with Crippen LogP contribution >= 0.6 is 23.2 Å². The van der Waals surface area contributed by atoms with E-state index in [0.717, 1.165) is 12.8 Å². The molecule has 108 valence electrons. The van der Waals surface area contributed by atoms with E-state index in [2.05, 4.69) is 10.3 Å². The summed E-state index contributed by atoms with van der Waals surface area (Å²) in [7, 11) is 0. The molecule has 1 aromatic heterocycles. The summed E-state index contributed by atoms with van der Waals surface area (Å²) >= 11 is 11.5. The van der Waals surface area contributed by atoms with E-state index in [1.807, 2.05) is 0 Å². The second-order valence-corrected chi connectivity index (χ2v) is 5.74. The van der Waals surface area contributed by atoms with Crippen LogP contribution in [0.5, 0.6) is 0 Å². The molecule has 0 radical (unpaired) electrons. The third-order valence-electron chi connectivity index (χ3n) is 3.66. The third kappa shape index (κ3) is 3.04. The molecule has 0 aromatic carbocycles. The van der Waals surface area contributed by atoms with E-state index in [-0.39, 0.29) is 22.3 Å². The lowest BCUT2D eigenvalue weighted by molar-refractivity contribution is -0.148. The molecule has 5 nitrogen and oxygen atoms in total. The fourth-order valence-corrected chi connectivity index (χ4v) is 2.68. The molecule has 1 saturated carbocycles. The minimum Gasteiger partial charge on any atom is -0.481 e. The van der Waals surface area contributed by atoms with Crippen LogP contribution in [0, 0.1) is 5.41 Å². The van der Waals surface area contributed by atoms with E-state index < -0.39 is 17.3 Å². The highest BCUT2D eigenvalue weighted by molar-refractivity contribution is 6.41. The number of carboxylic acids is 1. The molecule has 1 fully saturated rings. The Hall–Kier alpha value is -1.33. The Labute approximate surface area is 126 Å². The summed E-state index contributed by atoms with van der Waals surface area (Å²) in [6.45, 7) is 0.113. The third-order valence-corrected chi connectivity index (χ3v) is 4.35. The highest BCUT2D eigenvalue weighted by Gasteiger charge is 2.41. The van der Waals surface area contributed by atoms with Crippen molar-refractivity contribution < 1.29 is 14.7 Å². The van der Waals surface area contributed by atoms with E-state index in [1.54, 1.807) is 0 Å². The molecule has 0 unspecified atom stereocenters. The van der Waals surface area contributed by atoms with Crippen molar-refractivity contribution in [1.82, 2.24) is 10.3 Å². The number of carboxylic acid groups (broad SMARTS) is 1. The Kier molecular flexibility index (Phi) is 4.50. The van der Waals surface area contributed by atoms with Crippen LogP contribution in [-0.4, -0.2) is 28.5 Å². The van der Waals surface area contributed by atoms with Gasteiger partial charge in [-0.2, -0.15) is 0 Å². The molecule has 0 atom stereocenters. The molecule has 2 N–H and O–H groups in total. The Bertz CT molecular complexity index is 542. The molecule has 1 heterocycles. The summed E-state index contributed by atoms with van der Waals surface area (Å²) < 4.78 is 0. The van der Waals surface area contributed by atoms with E-state index in [4.69, 9.17) is 23.2 Å². The number of carbonyl (C=O) groups excluding carboxylic acids is 1. The van der Waals surface area contributed by atoms with Gasteiger partial charge in [-0.05, 0) is 18.9 Å². The number of halogens is 2. The number of nitrogens with zero attached hydrogens (tertiary/aromatic N) is 1. The average molecular weight is 317 g/mol. The van der Waals surface area contributed by atoms with Gasteiger partial charge in [0.25, 0.3) is 5.91 Å². The molecule has 1 amide bonds. The number of hydrogen-bond donors (Lipinski definition) is 2. The first-order valence-electron chi connectivity index (χ1n) is 6.27. The first-order chi connectivity index (χ1) is 9.44. The van der Waals surface area contributed by atoms with E-state index in [1.165, 1.54) is 12.3 Å². The lowest BCUT2D eigenvalue weighted by Crippen LogP contribution is -2.41. The second kappa shape index (κ2) is 5.97. The van der Waals surface area contributed by atoms with Gasteiger partial charge in [0.15, 0.2) is 0 Å². The molecule has 0 spiro atoms. The van der Waals surface area contributed by atoms with Crippen LogP contribution in [0.1, 0.15) is 36.0 Å². The molecule has 1 aromatic rings. The Morgan fingerprint density at radius 3 is 2.55 bits per heavy atom. The van der Waals surface area contributed by atoms with Gasteiger partial charge in [-0.25, -0.2) is 4.98 Å². The van der Waals surface area contributed by atoms with Crippen molar-refractivity contribution in [2.45, 2.75) is 25.7 Å². The van der Waals surface area contributed by atoms with E-state index >= 15 is 0 Å². The summed E-state index contributed by atoms with van der Waals surface area (Å²) in [5, 5.41) is 12.3. The fourth-order valence-electron chi connectivity index (χ4n) is 2.41. The van der Waals surface area contributed by atoms with Crippen LogP contribution in [0.15, 0.2) is 12.3 Å². The van der Waals surface area contributed by atoms with Crippen molar-refractivity contribution in [2.75, 3.05) is 6.54 Å². The summed E-state index contributed by atoms with van der Waals surface area (Å²) in [6.07, 6.45) is 4.23. The molecule has 1 aliphatic carbocycles. The quantitative estimate of drug-likeness (QED) is 0.837. The lowest BCUT2D eigenvalue weighted by Gasteiger charge is -2.23. The molecule has 2 rings (SSSR count). The Morgan fingerprint density at radius 1 is 1.35 bits per heavy atom. The molecular weight excluding hydrogens is 303 g/mol. The van der Waals surface area contributed by atoms with Crippen LogP contribution in [-0.2, 0) is 4.79 Å². The molecule has 1 aliphatic rings. The fraction of sp³-hybridized carbons (Fsp3) is 0.462. The molecular formula is C13H14Cl2N2O3. The first-order valence-corrected chi connectivity index (χ1v) is 7.03. The van der Waals surface area contributed by atoms with Crippen LogP contribution in [0.4, 0.5) is 0 Å². The van der Waals surface area contributed by atoms with Crippen LogP contribution in [0.3, 0.4) is 0 Å². The first kappa shape index (κ1) is 15.1. The number of pyridine rings is 1. The predicted octanol–water partition coefficient (Wildman–Crippen LogP) is 2.76.